The maximum Gasteiger partial charge on any atom is 0.352 e. The van der Waals surface area contributed by atoms with Crippen molar-refractivity contribution in [2.24, 2.45) is 11.7 Å². The minimum absolute atomic E-state index is 0.0240. The predicted octanol–water partition coefficient (Wildman–Crippen LogP) is 4.02. The maximum absolute atomic E-state index is 13.2. The third-order valence-electron chi connectivity index (χ3n) is 5.69. The number of aromatic carboxylic acids is 1. The number of rotatable bonds is 11. The molecule has 0 saturated carbocycles. The summed E-state index contributed by atoms with van der Waals surface area (Å²) in [5.74, 6) is -4.21. The van der Waals surface area contributed by atoms with Gasteiger partial charge in [-0.2, -0.15) is 0 Å². The Labute approximate surface area is 257 Å². The zero-order chi connectivity index (χ0) is 32.1. The van der Waals surface area contributed by atoms with Crippen molar-refractivity contribution in [2.75, 3.05) is 6.54 Å². The van der Waals surface area contributed by atoms with Crippen molar-refractivity contribution in [1.29, 1.82) is 0 Å². The van der Waals surface area contributed by atoms with Crippen molar-refractivity contribution in [3.05, 3.63) is 77.0 Å². The molecule has 0 bridgehead atoms. The fourth-order valence-electron chi connectivity index (χ4n) is 3.66. The highest BCUT2D eigenvalue weighted by atomic mass is 35.5. The lowest BCUT2D eigenvalue weighted by Crippen LogP contribution is -2.56. The number of hydrogen-bond donors (Lipinski definition) is 5. The molecule has 2 aromatic carbocycles. The van der Waals surface area contributed by atoms with E-state index in [1.165, 1.54) is 12.1 Å². The minimum atomic E-state index is -2.41. The van der Waals surface area contributed by atoms with E-state index in [0.717, 1.165) is 16.5 Å². The van der Waals surface area contributed by atoms with Gasteiger partial charge in [0.15, 0.2) is 0 Å². The predicted molar refractivity (Wildman–Crippen MR) is 162 cm³/mol. The second-order valence-corrected chi connectivity index (χ2v) is 10.4. The molecule has 0 spiro atoms. The number of nitrogens with one attached hydrogen (secondary N) is 3. The summed E-state index contributed by atoms with van der Waals surface area (Å²) < 4.78 is 13.2. The first-order chi connectivity index (χ1) is 20.3. The van der Waals surface area contributed by atoms with E-state index in [9.17, 15) is 28.4 Å². The summed E-state index contributed by atoms with van der Waals surface area (Å²) in [5, 5.41) is 13.1. The minimum Gasteiger partial charge on any atom is -0.477 e. The molecule has 0 radical (unpaired) electrons. The zero-order valence-corrected chi connectivity index (χ0v) is 24.9. The third-order valence-corrected chi connectivity index (χ3v) is 6.20. The number of hydrazine groups is 1. The molecule has 0 aliphatic rings. The van der Waals surface area contributed by atoms with Gasteiger partial charge in [-0.05, 0) is 42.2 Å². The van der Waals surface area contributed by atoms with Crippen LogP contribution in [0.4, 0.5) is 4.39 Å². The van der Waals surface area contributed by atoms with E-state index < -0.39 is 41.3 Å². The molecule has 14 heteroatoms. The van der Waals surface area contributed by atoms with Crippen LogP contribution in [-0.4, -0.2) is 62.9 Å². The topological polar surface area (TPSA) is 175 Å². The van der Waals surface area contributed by atoms with Crippen molar-refractivity contribution < 1.29 is 33.5 Å². The highest BCUT2D eigenvalue weighted by Gasteiger charge is 2.28. The fraction of sp³-hybridized carbons (Fsp3) is 0.276. The van der Waals surface area contributed by atoms with Gasteiger partial charge < -0.3 is 21.1 Å². The molecule has 1 aromatic heterocycles. The number of alkyl halides is 2. The van der Waals surface area contributed by atoms with Crippen LogP contribution < -0.4 is 16.5 Å². The smallest absolute Gasteiger partial charge is 0.352 e. The lowest BCUT2D eigenvalue weighted by Gasteiger charge is -2.26. The molecule has 1 heterocycles. The third kappa shape index (κ3) is 11.8. The van der Waals surface area contributed by atoms with E-state index in [1.807, 2.05) is 44.2 Å². The summed E-state index contributed by atoms with van der Waals surface area (Å²) in [6, 6.07) is 14.9. The van der Waals surface area contributed by atoms with E-state index in [-0.39, 0.29) is 31.0 Å². The number of hydrogen-bond acceptors (Lipinski definition) is 5. The van der Waals surface area contributed by atoms with Crippen molar-refractivity contribution in [3.8, 4) is 0 Å². The normalized spacial score (nSPS) is 12.2. The Morgan fingerprint density at radius 3 is 2.33 bits per heavy atom. The molecule has 4 amide bonds. The van der Waals surface area contributed by atoms with Gasteiger partial charge in [0.05, 0.1) is 6.54 Å². The summed E-state index contributed by atoms with van der Waals surface area (Å²) in [7, 11) is 0. The number of benzene rings is 2. The molecule has 0 saturated heterocycles. The van der Waals surface area contributed by atoms with E-state index in [4.69, 9.17) is 34.0 Å². The Morgan fingerprint density at radius 2 is 1.77 bits per heavy atom. The number of nitrogens with two attached hydrogens (primary N) is 1. The number of aromatic nitrogens is 1. The Bertz CT molecular complexity index is 1460. The van der Waals surface area contributed by atoms with Gasteiger partial charge in [0.2, 0.25) is 11.8 Å². The standard InChI is InChI=1S/C20H26ClFN4O4.C9H6ClNO2/c1-13(2)12-15(24-17(28)9-8-14-6-4-3-5-7-14)19(29)25-26(11-10-16(23)27)20(30)18(21)22;10-6-2-1-3-7-5(6)4-8(11-7)9(12)13/h3-9,13,15,18H,10-12H2,1-2H3,(H2,23,27)(H,24,28)(H,25,29);1-4,11H,(H,12,13)/b9-8+;. The van der Waals surface area contributed by atoms with Crippen LogP contribution in [0.5, 0.6) is 0 Å². The SMILES string of the molecule is CC(C)CC(NC(=O)/C=C/c1ccccc1)C(=O)NN(CCC(N)=O)C(=O)C(F)Cl.O=C(O)c1cc2c(Cl)cccc2[nH]1. The number of fused-ring (bicyclic) bond motifs is 1. The first-order valence-electron chi connectivity index (χ1n) is 13.0. The molecule has 11 nitrogen and oxygen atoms in total. The van der Waals surface area contributed by atoms with Crippen molar-refractivity contribution >= 4 is 69.8 Å². The summed E-state index contributed by atoms with van der Waals surface area (Å²) in [6.45, 7) is 3.33. The summed E-state index contributed by atoms with van der Waals surface area (Å²) in [6.07, 6.45) is 2.82. The number of carboxylic acid groups (broad SMARTS) is 1. The molecule has 0 aliphatic heterocycles. The number of carbonyl (C=O) groups is 5. The highest BCUT2D eigenvalue weighted by Crippen LogP contribution is 2.23. The largest absolute Gasteiger partial charge is 0.477 e. The second kappa shape index (κ2) is 16.9. The van der Waals surface area contributed by atoms with Gasteiger partial charge in [-0.25, -0.2) is 14.2 Å². The second-order valence-electron chi connectivity index (χ2n) is 9.61. The van der Waals surface area contributed by atoms with Crippen LogP contribution in [0.15, 0.2) is 60.7 Å². The number of amides is 4. The van der Waals surface area contributed by atoms with Crippen molar-refractivity contribution in [3.63, 3.8) is 0 Å². The van der Waals surface area contributed by atoms with Gasteiger partial charge in [-0.3, -0.25) is 24.6 Å². The van der Waals surface area contributed by atoms with Crippen LogP contribution in [-0.2, 0) is 19.2 Å². The summed E-state index contributed by atoms with van der Waals surface area (Å²) in [4.78, 5) is 61.1. The average Bonchev–Trinajstić information content (AvgIpc) is 3.40. The van der Waals surface area contributed by atoms with Crippen LogP contribution in [0.3, 0.4) is 0 Å². The van der Waals surface area contributed by atoms with Gasteiger partial charge >= 0.3 is 5.97 Å². The average molecular weight is 637 g/mol. The summed E-state index contributed by atoms with van der Waals surface area (Å²) in [5.41, 5.74) is 6.54. The van der Waals surface area contributed by atoms with E-state index in [2.05, 4.69) is 15.7 Å². The van der Waals surface area contributed by atoms with Gasteiger partial charge in [-0.15, -0.1) is 0 Å². The molecular formula is C29H32Cl2FN5O6. The molecule has 43 heavy (non-hydrogen) atoms. The Kier molecular flexibility index (Phi) is 13.7. The number of aromatic amines is 1. The Morgan fingerprint density at radius 1 is 1.09 bits per heavy atom. The molecule has 3 aromatic rings. The number of primary amides is 1. The monoisotopic (exact) mass is 635 g/mol. The Hall–Kier alpha value is -4.42. The fourth-order valence-corrected chi connectivity index (χ4v) is 4.01. The van der Waals surface area contributed by atoms with Crippen LogP contribution in [0, 0.1) is 5.92 Å². The quantitative estimate of drug-likeness (QED) is 0.121. The van der Waals surface area contributed by atoms with Crippen LogP contribution in [0.2, 0.25) is 5.02 Å². The first-order valence-corrected chi connectivity index (χ1v) is 13.8. The van der Waals surface area contributed by atoms with E-state index >= 15 is 0 Å². The molecule has 0 fully saturated rings. The molecule has 0 aliphatic carbocycles. The lowest BCUT2D eigenvalue weighted by molar-refractivity contribution is -0.145. The molecule has 6 N–H and O–H groups in total. The van der Waals surface area contributed by atoms with Crippen molar-refractivity contribution in [2.45, 2.75) is 38.4 Å². The number of carbonyl (C=O) groups excluding carboxylic acids is 4. The summed E-state index contributed by atoms with van der Waals surface area (Å²) >= 11 is 11.0. The van der Waals surface area contributed by atoms with E-state index in [0.29, 0.717) is 10.0 Å². The molecule has 3 rings (SSSR count). The van der Waals surface area contributed by atoms with E-state index in [1.54, 1.807) is 24.3 Å². The van der Waals surface area contributed by atoms with Crippen LogP contribution in [0.1, 0.15) is 42.7 Å². The van der Waals surface area contributed by atoms with Gasteiger partial charge in [0.25, 0.3) is 17.4 Å². The number of halogens is 3. The highest BCUT2D eigenvalue weighted by molar-refractivity contribution is 6.35. The van der Waals surface area contributed by atoms with Gasteiger partial charge in [0.1, 0.15) is 11.7 Å². The van der Waals surface area contributed by atoms with Crippen LogP contribution >= 0.6 is 23.2 Å². The molecular weight excluding hydrogens is 604 g/mol. The Balaban J connectivity index is 0.000000407. The first kappa shape index (κ1) is 34.8. The molecule has 2 unspecified atom stereocenters. The number of H-pyrrole nitrogens is 1. The molecule has 2 atom stereocenters. The number of nitrogens with zero attached hydrogens (tertiary/aromatic N) is 1. The maximum atomic E-state index is 13.2. The zero-order valence-electron chi connectivity index (χ0n) is 23.4. The van der Waals surface area contributed by atoms with Crippen molar-refractivity contribution in [1.82, 2.24) is 20.7 Å². The lowest BCUT2D eigenvalue weighted by atomic mass is 10.0. The van der Waals surface area contributed by atoms with Gasteiger partial charge in [-0.1, -0.05) is 73.4 Å². The van der Waals surface area contributed by atoms with Crippen LogP contribution in [0.25, 0.3) is 17.0 Å². The molecule has 230 valence electrons. The number of carboxylic acids is 1. The van der Waals surface area contributed by atoms with Gasteiger partial charge in [0, 0.05) is 28.4 Å².